The van der Waals surface area contributed by atoms with Gasteiger partial charge in [0.1, 0.15) is 17.6 Å². The van der Waals surface area contributed by atoms with Gasteiger partial charge in [0.25, 0.3) is 0 Å². The average Bonchev–Trinajstić information content (AvgIpc) is 2.44. The number of rotatable bonds is 3. The molecule has 0 fully saturated rings. The zero-order valence-electron chi connectivity index (χ0n) is 10.4. The Balaban J connectivity index is 2.49. The highest BCUT2D eigenvalue weighted by Crippen LogP contribution is 2.29. The van der Waals surface area contributed by atoms with Gasteiger partial charge in [0.05, 0.1) is 6.07 Å². The van der Waals surface area contributed by atoms with Gasteiger partial charge < -0.3 is 0 Å². The van der Waals surface area contributed by atoms with Crippen molar-refractivity contribution in [3.05, 3.63) is 68.1 Å². The van der Waals surface area contributed by atoms with Crippen LogP contribution in [-0.2, 0) is 0 Å². The Kier molecular flexibility index (Phi) is 4.86. The number of carbonyl (C=O) groups excluding carboxylic acids is 1. The van der Waals surface area contributed by atoms with Crippen molar-refractivity contribution in [1.29, 1.82) is 5.26 Å². The third-order valence-electron chi connectivity index (χ3n) is 2.86. The molecule has 106 valence electrons. The Bertz CT molecular complexity index is 756. The summed E-state index contributed by atoms with van der Waals surface area (Å²) in [6.45, 7) is 0. The molecule has 0 saturated carbocycles. The van der Waals surface area contributed by atoms with Crippen LogP contribution in [0.4, 0.5) is 8.78 Å². The summed E-state index contributed by atoms with van der Waals surface area (Å²) in [4.78, 5) is 12.5. The van der Waals surface area contributed by atoms with Crippen LogP contribution in [0, 0.1) is 23.0 Å². The molecule has 21 heavy (non-hydrogen) atoms. The van der Waals surface area contributed by atoms with Crippen molar-refractivity contribution in [2.24, 2.45) is 0 Å². The van der Waals surface area contributed by atoms with Crippen LogP contribution < -0.4 is 0 Å². The zero-order valence-corrected chi connectivity index (χ0v) is 13.6. The summed E-state index contributed by atoms with van der Waals surface area (Å²) in [6, 6.07) is 9.47. The summed E-state index contributed by atoms with van der Waals surface area (Å²) >= 11 is 6.46. The topological polar surface area (TPSA) is 40.9 Å². The Morgan fingerprint density at radius 2 is 1.86 bits per heavy atom. The summed E-state index contributed by atoms with van der Waals surface area (Å²) < 4.78 is 27.9. The number of halogens is 4. The Labute approximate surface area is 136 Å². The van der Waals surface area contributed by atoms with E-state index in [4.69, 9.17) is 0 Å². The minimum Gasteiger partial charge on any atom is -0.292 e. The Morgan fingerprint density at radius 1 is 1.14 bits per heavy atom. The average molecular weight is 415 g/mol. The Morgan fingerprint density at radius 3 is 2.48 bits per heavy atom. The normalized spacial score (nSPS) is 11.8. The van der Waals surface area contributed by atoms with Gasteiger partial charge >= 0.3 is 0 Å². The number of benzene rings is 2. The molecule has 0 aliphatic rings. The molecular formula is C15H7Br2F2NO. The first-order chi connectivity index (χ1) is 9.93. The molecule has 1 unspecified atom stereocenters. The SMILES string of the molecule is N#CC(C(=O)c1cc(Br)ccc1Br)c1ccc(F)cc1F. The van der Waals surface area contributed by atoms with Gasteiger partial charge in [0.2, 0.25) is 0 Å². The summed E-state index contributed by atoms with van der Waals surface area (Å²) in [5.41, 5.74) is 0.107. The van der Waals surface area contributed by atoms with Crippen molar-refractivity contribution >= 4 is 37.6 Å². The van der Waals surface area contributed by atoms with Gasteiger partial charge in [0, 0.05) is 26.1 Å². The van der Waals surface area contributed by atoms with E-state index in [9.17, 15) is 18.8 Å². The van der Waals surface area contributed by atoms with Gasteiger partial charge in [-0.3, -0.25) is 4.79 Å². The van der Waals surface area contributed by atoms with Gasteiger partial charge in [-0.25, -0.2) is 8.78 Å². The quantitative estimate of drug-likeness (QED) is 0.664. The monoisotopic (exact) mass is 413 g/mol. The van der Waals surface area contributed by atoms with E-state index in [0.717, 1.165) is 12.1 Å². The molecular weight excluding hydrogens is 408 g/mol. The fraction of sp³-hybridized carbons (Fsp3) is 0.0667. The first-order valence-electron chi connectivity index (χ1n) is 5.78. The molecule has 2 aromatic rings. The second-order valence-corrected chi connectivity index (χ2v) is 5.99. The van der Waals surface area contributed by atoms with Crippen LogP contribution in [0.2, 0.25) is 0 Å². The van der Waals surface area contributed by atoms with E-state index in [-0.39, 0.29) is 11.1 Å². The molecule has 0 aliphatic heterocycles. The number of hydrogen-bond donors (Lipinski definition) is 0. The van der Waals surface area contributed by atoms with Crippen LogP contribution in [0.3, 0.4) is 0 Å². The number of nitrogens with zero attached hydrogens (tertiary/aromatic N) is 1. The lowest BCUT2D eigenvalue weighted by molar-refractivity contribution is 0.0976. The van der Waals surface area contributed by atoms with Gasteiger partial charge in [-0.2, -0.15) is 5.26 Å². The van der Waals surface area contributed by atoms with E-state index in [1.54, 1.807) is 18.2 Å². The lowest BCUT2D eigenvalue weighted by atomic mass is 9.91. The molecule has 0 aromatic heterocycles. The lowest BCUT2D eigenvalue weighted by Gasteiger charge is -2.11. The molecule has 0 aliphatic carbocycles. The lowest BCUT2D eigenvalue weighted by Crippen LogP contribution is -2.13. The highest BCUT2D eigenvalue weighted by atomic mass is 79.9. The first kappa shape index (κ1) is 15.8. The molecule has 2 aromatic carbocycles. The van der Waals surface area contributed by atoms with Crippen LogP contribution in [0.25, 0.3) is 0 Å². The molecule has 1 atom stereocenters. The molecule has 2 nitrogen and oxygen atoms in total. The number of ketones is 1. The van der Waals surface area contributed by atoms with Crippen molar-refractivity contribution in [3.8, 4) is 6.07 Å². The van der Waals surface area contributed by atoms with Crippen molar-refractivity contribution in [2.75, 3.05) is 0 Å². The maximum atomic E-state index is 13.8. The van der Waals surface area contributed by atoms with E-state index in [1.165, 1.54) is 6.07 Å². The van der Waals surface area contributed by atoms with Crippen molar-refractivity contribution < 1.29 is 13.6 Å². The highest BCUT2D eigenvalue weighted by Gasteiger charge is 2.26. The predicted molar refractivity (Wildman–Crippen MR) is 80.9 cm³/mol. The summed E-state index contributed by atoms with van der Waals surface area (Å²) in [5, 5.41) is 9.21. The summed E-state index contributed by atoms with van der Waals surface area (Å²) in [7, 11) is 0. The van der Waals surface area contributed by atoms with Crippen LogP contribution in [0.15, 0.2) is 45.3 Å². The zero-order chi connectivity index (χ0) is 15.6. The largest absolute Gasteiger partial charge is 0.292 e. The maximum Gasteiger partial charge on any atom is 0.185 e. The van der Waals surface area contributed by atoms with Crippen LogP contribution in [0.1, 0.15) is 21.8 Å². The molecule has 0 amide bonds. The van der Waals surface area contributed by atoms with Gasteiger partial charge in [-0.1, -0.05) is 37.9 Å². The second-order valence-electron chi connectivity index (χ2n) is 4.22. The van der Waals surface area contributed by atoms with Crippen LogP contribution >= 0.6 is 31.9 Å². The minimum absolute atomic E-state index is 0.143. The third-order valence-corrected chi connectivity index (χ3v) is 4.04. The number of Topliss-reactive ketones (excluding diaryl/α,β-unsaturated/α-hetero) is 1. The Hall–Kier alpha value is -1.58. The summed E-state index contributed by atoms with van der Waals surface area (Å²) in [5.74, 6) is -3.57. The van der Waals surface area contributed by atoms with Crippen LogP contribution in [0.5, 0.6) is 0 Å². The third kappa shape index (κ3) is 3.36. The fourth-order valence-electron chi connectivity index (χ4n) is 1.85. The molecule has 0 radical (unpaired) electrons. The van der Waals surface area contributed by atoms with Gasteiger partial charge in [-0.15, -0.1) is 0 Å². The molecule has 0 bridgehead atoms. The highest BCUT2D eigenvalue weighted by molar-refractivity contribution is 9.11. The molecule has 0 heterocycles. The standard InChI is InChI=1S/C15H7Br2F2NO/c16-8-1-4-13(17)11(5-8)15(21)12(7-20)10-3-2-9(18)6-14(10)19/h1-6,12H. The molecule has 0 saturated heterocycles. The van der Waals surface area contributed by atoms with E-state index in [0.29, 0.717) is 15.0 Å². The molecule has 0 N–H and O–H groups in total. The van der Waals surface area contributed by atoms with Crippen molar-refractivity contribution in [2.45, 2.75) is 5.92 Å². The van der Waals surface area contributed by atoms with E-state index < -0.39 is 23.3 Å². The minimum atomic E-state index is -1.34. The van der Waals surface area contributed by atoms with Crippen molar-refractivity contribution in [1.82, 2.24) is 0 Å². The number of carbonyl (C=O) groups is 1. The van der Waals surface area contributed by atoms with E-state index >= 15 is 0 Å². The van der Waals surface area contributed by atoms with E-state index in [1.807, 2.05) is 0 Å². The number of hydrogen-bond acceptors (Lipinski definition) is 2. The molecule has 6 heteroatoms. The second kappa shape index (κ2) is 6.46. The van der Waals surface area contributed by atoms with Crippen molar-refractivity contribution in [3.63, 3.8) is 0 Å². The van der Waals surface area contributed by atoms with Gasteiger partial charge in [-0.05, 0) is 24.3 Å². The molecule has 2 rings (SSSR count). The maximum absolute atomic E-state index is 13.8. The number of nitriles is 1. The van der Waals surface area contributed by atoms with Crippen LogP contribution in [-0.4, -0.2) is 5.78 Å². The smallest absolute Gasteiger partial charge is 0.185 e. The van der Waals surface area contributed by atoms with E-state index in [2.05, 4.69) is 31.9 Å². The molecule has 0 spiro atoms. The first-order valence-corrected chi connectivity index (χ1v) is 7.36. The fourth-order valence-corrected chi connectivity index (χ4v) is 2.65. The predicted octanol–water partition coefficient (Wildman–Crippen LogP) is 4.98. The van der Waals surface area contributed by atoms with Gasteiger partial charge in [0.15, 0.2) is 5.78 Å². The summed E-state index contributed by atoms with van der Waals surface area (Å²) in [6.07, 6.45) is 0.